The Hall–Kier alpha value is -0.220. The van der Waals surface area contributed by atoms with E-state index in [2.05, 4.69) is 12.2 Å². The topological polar surface area (TPSA) is 32.3 Å². The molecule has 1 aliphatic heterocycles. The molecule has 1 aliphatic rings. The molecule has 0 aromatic carbocycles. The molecule has 14 heavy (non-hydrogen) atoms. The van der Waals surface area contributed by atoms with Crippen molar-refractivity contribution in [3.8, 4) is 0 Å². The van der Waals surface area contributed by atoms with Crippen LogP contribution in [0, 0.1) is 5.92 Å². The van der Waals surface area contributed by atoms with Crippen LogP contribution in [-0.4, -0.2) is 48.5 Å². The van der Waals surface area contributed by atoms with Gasteiger partial charge in [-0.25, -0.2) is 0 Å². The third-order valence-corrected chi connectivity index (χ3v) is 3.35. The highest BCUT2D eigenvalue weighted by Gasteiger charge is 2.23. The van der Waals surface area contributed by atoms with E-state index < -0.39 is 0 Å². The molecule has 1 unspecified atom stereocenters. The predicted molar refractivity (Wildman–Crippen MR) is 61.6 cm³/mol. The smallest absolute Gasteiger partial charge is 0.226 e. The van der Waals surface area contributed by atoms with Gasteiger partial charge in [0.25, 0.3) is 0 Å². The summed E-state index contributed by atoms with van der Waals surface area (Å²) in [7, 11) is 0. The van der Waals surface area contributed by atoms with Crippen LogP contribution in [0.1, 0.15) is 13.8 Å². The van der Waals surface area contributed by atoms with Crippen molar-refractivity contribution in [1.82, 2.24) is 10.2 Å². The van der Waals surface area contributed by atoms with Crippen LogP contribution in [0.25, 0.3) is 0 Å². The lowest BCUT2D eigenvalue weighted by Crippen LogP contribution is -2.52. The first-order valence-corrected chi connectivity index (χ1v) is 6.55. The first kappa shape index (κ1) is 11.9. The maximum absolute atomic E-state index is 11.9. The quantitative estimate of drug-likeness (QED) is 0.757. The third-order valence-electron chi connectivity index (χ3n) is 2.52. The van der Waals surface area contributed by atoms with Crippen LogP contribution in [0.5, 0.6) is 0 Å². The normalized spacial score (nSPS) is 24.8. The standard InChI is InChI=1S/C10H20N2OS/c1-8(7-14-3)10(13)12-5-4-11-9(2)6-12/h8-9,11H,4-7H2,1-3H3/t8?,9-/m1/s1. The van der Waals surface area contributed by atoms with Crippen molar-refractivity contribution in [3.05, 3.63) is 0 Å². The number of thioether (sulfide) groups is 1. The highest BCUT2D eigenvalue weighted by atomic mass is 32.2. The Morgan fingerprint density at radius 1 is 1.71 bits per heavy atom. The Labute approximate surface area is 90.6 Å². The van der Waals surface area contributed by atoms with E-state index in [0.29, 0.717) is 11.9 Å². The van der Waals surface area contributed by atoms with Crippen molar-refractivity contribution < 1.29 is 4.79 Å². The van der Waals surface area contributed by atoms with Crippen molar-refractivity contribution in [2.45, 2.75) is 19.9 Å². The summed E-state index contributed by atoms with van der Waals surface area (Å²) in [5.41, 5.74) is 0. The number of piperazine rings is 1. The molecule has 0 aromatic rings. The number of nitrogens with zero attached hydrogens (tertiary/aromatic N) is 1. The molecule has 1 rings (SSSR count). The molecule has 0 radical (unpaired) electrons. The lowest BCUT2D eigenvalue weighted by molar-refractivity contribution is -0.135. The monoisotopic (exact) mass is 216 g/mol. The van der Waals surface area contributed by atoms with Crippen molar-refractivity contribution >= 4 is 17.7 Å². The molecule has 1 N–H and O–H groups in total. The lowest BCUT2D eigenvalue weighted by Gasteiger charge is -2.33. The third kappa shape index (κ3) is 3.17. The number of hydrogen-bond donors (Lipinski definition) is 1. The summed E-state index contributed by atoms with van der Waals surface area (Å²) in [4.78, 5) is 13.9. The molecular weight excluding hydrogens is 196 g/mol. The molecule has 1 fully saturated rings. The number of carbonyl (C=O) groups excluding carboxylic acids is 1. The summed E-state index contributed by atoms with van der Waals surface area (Å²) < 4.78 is 0. The minimum atomic E-state index is 0.162. The summed E-state index contributed by atoms with van der Waals surface area (Å²) >= 11 is 1.74. The molecule has 1 saturated heterocycles. The summed E-state index contributed by atoms with van der Waals surface area (Å²) in [5.74, 6) is 1.40. The Balaban J connectivity index is 2.42. The van der Waals surface area contributed by atoms with Crippen LogP contribution in [0.3, 0.4) is 0 Å². The number of rotatable bonds is 3. The average molecular weight is 216 g/mol. The molecule has 0 aromatic heterocycles. The summed E-state index contributed by atoms with van der Waals surface area (Å²) in [6.07, 6.45) is 2.05. The molecular formula is C10H20N2OS. The van der Waals surface area contributed by atoms with E-state index in [-0.39, 0.29) is 5.92 Å². The molecule has 0 saturated carbocycles. The Morgan fingerprint density at radius 2 is 2.43 bits per heavy atom. The number of nitrogens with one attached hydrogen (secondary N) is 1. The van der Waals surface area contributed by atoms with Gasteiger partial charge in [0, 0.05) is 37.3 Å². The van der Waals surface area contributed by atoms with Gasteiger partial charge in [-0.05, 0) is 13.2 Å². The van der Waals surface area contributed by atoms with Gasteiger partial charge in [0.1, 0.15) is 0 Å². The largest absolute Gasteiger partial charge is 0.340 e. The van der Waals surface area contributed by atoms with E-state index in [1.165, 1.54) is 0 Å². The fraction of sp³-hybridized carbons (Fsp3) is 0.900. The Morgan fingerprint density at radius 3 is 3.00 bits per heavy atom. The molecule has 0 bridgehead atoms. The minimum absolute atomic E-state index is 0.162. The predicted octanol–water partition coefficient (Wildman–Crippen LogP) is 0.806. The van der Waals surface area contributed by atoms with Crippen LogP contribution in [-0.2, 0) is 4.79 Å². The van der Waals surface area contributed by atoms with Crippen molar-refractivity contribution in [2.24, 2.45) is 5.92 Å². The fourth-order valence-electron chi connectivity index (χ4n) is 1.77. The summed E-state index contributed by atoms with van der Waals surface area (Å²) in [5, 5.41) is 3.34. The van der Waals surface area contributed by atoms with Crippen LogP contribution < -0.4 is 5.32 Å². The molecule has 1 amide bonds. The zero-order chi connectivity index (χ0) is 10.6. The van der Waals surface area contributed by atoms with E-state index in [1.54, 1.807) is 11.8 Å². The molecule has 82 valence electrons. The van der Waals surface area contributed by atoms with Gasteiger partial charge in [-0.2, -0.15) is 11.8 Å². The van der Waals surface area contributed by atoms with Crippen LogP contribution in [0.15, 0.2) is 0 Å². The SMILES string of the molecule is CSCC(C)C(=O)N1CCN[C@H](C)C1. The van der Waals surface area contributed by atoms with Gasteiger partial charge in [-0.1, -0.05) is 6.92 Å². The molecule has 0 spiro atoms. The van der Waals surface area contributed by atoms with Crippen molar-refractivity contribution in [1.29, 1.82) is 0 Å². The maximum atomic E-state index is 11.9. The van der Waals surface area contributed by atoms with Gasteiger partial charge in [-0.3, -0.25) is 4.79 Å². The zero-order valence-corrected chi connectivity index (χ0v) is 10.1. The zero-order valence-electron chi connectivity index (χ0n) is 9.25. The molecule has 2 atom stereocenters. The van der Waals surface area contributed by atoms with E-state index in [4.69, 9.17) is 0 Å². The van der Waals surface area contributed by atoms with Crippen LogP contribution in [0.4, 0.5) is 0 Å². The number of amides is 1. The first-order chi connectivity index (χ1) is 6.65. The van der Waals surface area contributed by atoms with Crippen molar-refractivity contribution in [2.75, 3.05) is 31.6 Å². The Kier molecular flexibility index (Phi) is 4.75. The second-order valence-corrected chi connectivity index (χ2v) is 4.91. The van der Waals surface area contributed by atoms with E-state index in [9.17, 15) is 4.79 Å². The number of carbonyl (C=O) groups is 1. The van der Waals surface area contributed by atoms with Gasteiger partial charge < -0.3 is 10.2 Å². The van der Waals surface area contributed by atoms with Crippen LogP contribution >= 0.6 is 11.8 Å². The van der Waals surface area contributed by atoms with Gasteiger partial charge in [-0.15, -0.1) is 0 Å². The fourth-order valence-corrected chi connectivity index (χ4v) is 2.41. The molecule has 1 heterocycles. The summed E-state index contributed by atoms with van der Waals surface area (Å²) in [6, 6.07) is 0.439. The van der Waals surface area contributed by atoms with Gasteiger partial charge in [0.2, 0.25) is 5.91 Å². The summed E-state index contributed by atoms with van der Waals surface area (Å²) in [6.45, 7) is 6.79. The van der Waals surface area contributed by atoms with E-state index >= 15 is 0 Å². The van der Waals surface area contributed by atoms with Crippen LogP contribution in [0.2, 0.25) is 0 Å². The second kappa shape index (κ2) is 5.61. The second-order valence-electron chi connectivity index (χ2n) is 4.00. The van der Waals surface area contributed by atoms with Crippen molar-refractivity contribution in [3.63, 3.8) is 0 Å². The number of hydrogen-bond acceptors (Lipinski definition) is 3. The minimum Gasteiger partial charge on any atom is -0.340 e. The van der Waals surface area contributed by atoms with Gasteiger partial charge >= 0.3 is 0 Å². The van der Waals surface area contributed by atoms with E-state index in [0.717, 1.165) is 25.4 Å². The highest BCUT2D eigenvalue weighted by molar-refractivity contribution is 7.98. The highest BCUT2D eigenvalue weighted by Crippen LogP contribution is 2.10. The lowest BCUT2D eigenvalue weighted by atomic mass is 10.1. The van der Waals surface area contributed by atoms with Gasteiger partial charge in [0.15, 0.2) is 0 Å². The first-order valence-electron chi connectivity index (χ1n) is 5.16. The average Bonchev–Trinajstić information content (AvgIpc) is 2.17. The molecule has 0 aliphatic carbocycles. The Bertz CT molecular complexity index is 199. The molecule has 3 nitrogen and oxygen atoms in total. The van der Waals surface area contributed by atoms with Gasteiger partial charge in [0.05, 0.1) is 0 Å². The van der Waals surface area contributed by atoms with E-state index in [1.807, 2.05) is 18.1 Å². The molecule has 4 heteroatoms. The maximum Gasteiger partial charge on any atom is 0.226 e.